The van der Waals surface area contributed by atoms with E-state index in [1.807, 2.05) is 13.0 Å². The van der Waals surface area contributed by atoms with Gasteiger partial charge in [-0.25, -0.2) is 0 Å². The lowest BCUT2D eigenvalue weighted by Crippen LogP contribution is -1.98. The first-order valence-electron chi connectivity index (χ1n) is 3.43. The van der Waals surface area contributed by atoms with Crippen LogP contribution in [0.3, 0.4) is 0 Å². The summed E-state index contributed by atoms with van der Waals surface area (Å²) in [4.78, 5) is 10.1. The van der Waals surface area contributed by atoms with Crippen molar-refractivity contribution < 1.29 is 4.79 Å². The third kappa shape index (κ3) is 3.40. The number of rotatable bonds is 4. The first-order valence-corrected chi connectivity index (χ1v) is 3.43. The molecule has 0 aromatic carbocycles. The van der Waals surface area contributed by atoms with Gasteiger partial charge in [0, 0.05) is 12.1 Å². The van der Waals surface area contributed by atoms with Crippen LogP contribution in [0.15, 0.2) is 36.1 Å². The quantitative estimate of drug-likeness (QED) is 0.489. The molecule has 0 aliphatic carbocycles. The summed E-state index contributed by atoms with van der Waals surface area (Å²) in [5, 5.41) is 0. The monoisotopic (exact) mass is 151 g/mol. The molecule has 0 aromatic rings. The summed E-state index contributed by atoms with van der Waals surface area (Å²) in [6, 6.07) is 0. The molecule has 0 radical (unpaired) electrons. The van der Waals surface area contributed by atoms with E-state index >= 15 is 0 Å². The van der Waals surface area contributed by atoms with Gasteiger partial charge in [-0.15, -0.1) is 0 Å². The van der Waals surface area contributed by atoms with Crippen molar-refractivity contribution in [2.45, 2.75) is 13.3 Å². The van der Waals surface area contributed by atoms with Gasteiger partial charge in [0.2, 0.25) is 0 Å². The van der Waals surface area contributed by atoms with Gasteiger partial charge in [0.15, 0.2) is 0 Å². The van der Waals surface area contributed by atoms with Gasteiger partial charge in [0.05, 0.1) is 0 Å². The maximum Gasteiger partial charge on any atom is 0.124 e. The molecule has 0 fully saturated rings. The van der Waals surface area contributed by atoms with Gasteiger partial charge in [-0.1, -0.05) is 18.7 Å². The van der Waals surface area contributed by atoms with Gasteiger partial charge < -0.3 is 10.5 Å². The minimum Gasteiger partial charge on any atom is -0.399 e. The molecule has 60 valence electrons. The summed E-state index contributed by atoms with van der Waals surface area (Å²) in [6.45, 7) is 5.42. The molecule has 0 aromatic heterocycles. The third-order valence-electron chi connectivity index (χ3n) is 1.27. The first-order chi connectivity index (χ1) is 5.26. The highest BCUT2D eigenvalue weighted by Gasteiger charge is 1.93. The van der Waals surface area contributed by atoms with E-state index < -0.39 is 0 Å². The number of aldehydes is 1. The van der Waals surface area contributed by atoms with Crippen molar-refractivity contribution >= 4 is 6.29 Å². The van der Waals surface area contributed by atoms with Crippen LogP contribution < -0.4 is 5.73 Å². The van der Waals surface area contributed by atoms with Crippen LogP contribution in [0, 0.1) is 0 Å². The molecule has 2 heteroatoms. The molecule has 0 unspecified atom stereocenters. The van der Waals surface area contributed by atoms with Crippen LogP contribution in [-0.2, 0) is 4.79 Å². The lowest BCUT2D eigenvalue weighted by atomic mass is 10.1. The number of allylic oxidation sites excluding steroid dienone is 4. The number of hydrogen-bond acceptors (Lipinski definition) is 2. The van der Waals surface area contributed by atoms with Gasteiger partial charge in [-0.3, -0.25) is 0 Å². The van der Waals surface area contributed by atoms with Crippen molar-refractivity contribution in [3.05, 3.63) is 36.1 Å². The Morgan fingerprint density at radius 2 is 2.27 bits per heavy atom. The van der Waals surface area contributed by atoms with E-state index in [0.29, 0.717) is 12.1 Å². The Balaban J connectivity index is 4.51. The molecule has 0 saturated carbocycles. The topological polar surface area (TPSA) is 43.1 Å². The van der Waals surface area contributed by atoms with Crippen molar-refractivity contribution in [1.82, 2.24) is 0 Å². The number of carbonyl (C=O) groups is 1. The second-order valence-electron chi connectivity index (χ2n) is 2.06. The predicted octanol–water partition coefficient (Wildman–Crippen LogP) is 1.55. The maximum absolute atomic E-state index is 10.1. The first kappa shape index (κ1) is 9.69. The van der Waals surface area contributed by atoms with Gasteiger partial charge in [0.25, 0.3) is 0 Å². The molecular weight excluding hydrogens is 138 g/mol. The van der Waals surface area contributed by atoms with Crippen molar-refractivity contribution in [3.8, 4) is 0 Å². The van der Waals surface area contributed by atoms with Gasteiger partial charge in [-0.2, -0.15) is 0 Å². The second kappa shape index (κ2) is 5.47. The molecule has 0 heterocycles. The van der Waals surface area contributed by atoms with Crippen molar-refractivity contribution in [3.63, 3.8) is 0 Å². The molecule has 0 spiro atoms. The smallest absolute Gasteiger partial charge is 0.124 e. The lowest BCUT2D eigenvalue weighted by molar-refractivity contribution is -0.107. The van der Waals surface area contributed by atoms with Crippen LogP contribution in [0.25, 0.3) is 0 Å². The average Bonchev–Trinajstić information content (AvgIpc) is 2.00. The van der Waals surface area contributed by atoms with Crippen LogP contribution >= 0.6 is 0 Å². The van der Waals surface area contributed by atoms with E-state index in [-0.39, 0.29) is 0 Å². The van der Waals surface area contributed by atoms with Crippen LogP contribution in [0.2, 0.25) is 0 Å². The standard InChI is InChI=1S/C9H13NO/c1-3-5-9(10)8(4-2)6-7-11/h3-5,7H,2,6,10H2,1H3/b5-3-,9-8-. The summed E-state index contributed by atoms with van der Waals surface area (Å²) >= 11 is 0. The van der Waals surface area contributed by atoms with Gasteiger partial charge >= 0.3 is 0 Å². The molecule has 0 amide bonds. The second-order valence-corrected chi connectivity index (χ2v) is 2.06. The highest BCUT2D eigenvalue weighted by molar-refractivity contribution is 5.57. The van der Waals surface area contributed by atoms with Crippen LogP contribution in [0.5, 0.6) is 0 Å². The van der Waals surface area contributed by atoms with E-state index in [1.165, 1.54) is 0 Å². The van der Waals surface area contributed by atoms with E-state index in [1.54, 1.807) is 12.2 Å². The Kier molecular flexibility index (Phi) is 4.82. The van der Waals surface area contributed by atoms with E-state index in [0.717, 1.165) is 11.9 Å². The molecule has 0 bridgehead atoms. The van der Waals surface area contributed by atoms with Gasteiger partial charge in [0.1, 0.15) is 6.29 Å². The SMILES string of the molecule is C=C/C(CC=O)=C(N)\C=C/C. The molecule has 11 heavy (non-hydrogen) atoms. The maximum atomic E-state index is 10.1. The summed E-state index contributed by atoms with van der Waals surface area (Å²) in [5.74, 6) is 0. The van der Waals surface area contributed by atoms with Crippen LogP contribution in [-0.4, -0.2) is 6.29 Å². The molecule has 0 aliphatic rings. The fourth-order valence-corrected chi connectivity index (χ4v) is 0.695. The average molecular weight is 151 g/mol. The Bertz CT molecular complexity index is 202. The zero-order chi connectivity index (χ0) is 8.69. The molecule has 2 N–H and O–H groups in total. The Labute approximate surface area is 67.1 Å². The van der Waals surface area contributed by atoms with Crippen LogP contribution in [0.4, 0.5) is 0 Å². The highest BCUT2D eigenvalue weighted by atomic mass is 16.1. The lowest BCUT2D eigenvalue weighted by Gasteiger charge is -1.98. The van der Waals surface area contributed by atoms with Crippen molar-refractivity contribution in [2.75, 3.05) is 0 Å². The van der Waals surface area contributed by atoms with E-state index in [2.05, 4.69) is 6.58 Å². The summed E-state index contributed by atoms with van der Waals surface area (Å²) in [5.41, 5.74) is 6.97. The number of carbonyl (C=O) groups excluding carboxylic acids is 1. The fourth-order valence-electron chi connectivity index (χ4n) is 0.695. The normalized spacial score (nSPS) is 12.8. The van der Waals surface area contributed by atoms with Crippen molar-refractivity contribution in [1.29, 1.82) is 0 Å². The molecular formula is C9H13NO. The third-order valence-corrected chi connectivity index (χ3v) is 1.27. The molecule has 2 nitrogen and oxygen atoms in total. The number of hydrogen-bond donors (Lipinski definition) is 1. The number of nitrogens with two attached hydrogens (primary N) is 1. The van der Waals surface area contributed by atoms with E-state index in [9.17, 15) is 4.79 Å². The molecule has 0 atom stereocenters. The zero-order valence-corrected chi connectivity index (χ0v) is 6.71. The van der Waals surface area contributed by atoms with E-state index in [4.69, 9.17) is 5.73 Å². The molecule has 0 aliphatic heterocycles. The minimum absolute atomic E-state index is 0.333. The molecule has 0 saturated heterocycles. The Morgan fingerprint density at radius 1 is 1.64 bits per heavy atom. The predicted molar refractivity (Wildman–Crippen MR) is 46.9 cm³/mol. The van der Waals surface area contributed by atoms with Gasteiger partial charge in [-0.05, 0) is 18.6 Å². The Hall–Kier alpha value is -1.31. The summed E-state index contributed by atoms with van der Waals surface area (Å²) < 4.78 is 0. The molecule has 0 rings (SSSR count). The summed E-state index contributed by atoms with van der Waals surface area (Å²) in [6.07, 6.45) is 6.32. The zero-order valence-electron chi connectivity index (χ0n) is 6.71. The fraction of sp³-hybridized carbons (Fsp3) is 0.222. The Morgan fingerprint density at radius 3 is 2.64 bits per heavy atom. The van der Waals surface area contributed by atoms with Crippen molar-refractivity contribution in [2.24, 2.45) is 5.73 Å². The summed E-state index contributed by atoms with van der Waals surface area (Å²) in [7, 11) is 0. The largest absolute Gasteiger partial charge is 0.399 e. The highest BCUT2D eigenvalue weighted by Crippen LogP contribution is 2.04. The minimum atomic E-state index is 0.333. The van der Waals surface area contributed by atoms with Crippen LogP contribution in [0.1, 0.15) is 13.3 Å².